The zero-order valence-corrected chi connectivity index (χ0v) is 24.6. The van der Waals surface area contributed by atoms with Crippen molar-refractivity contribution in [2.24, 2.45) is 0 Å². The second kappa shape index (κ2) is 9.69. The Kier molecular flexibility index (Phi) is 6.53. The number of nitrogens with zero attached hydrogens (tertiary/aromatic N) is 2. The molecule has 0 N–H and O–H groups in total. The second-order valence-electron chi connectivity index (χ2n) is 13.3. The minimum absolute atomic E-state index is 0.0407. The second-order valence-corrected chi connectivity index (χ2v) is 13.3. The van der Waals surface area contributed by atoms with E-state index in [0.29, 0.717) is 0 Å². The molecule has 0 saturated heterocycles. The summed E-state index contributed by atoms with van der Waals surface area (Å²) in [5, 5.41) is 0. The molecule has 3 aromatic rings. The molecule has 3 aromatic carbocycles. The van der Waals surface area contributed by atoms with Crippen LogP contribution in [0.25, 0.3) is 5.57 Å². The highest BCUT2D eigenvalue weighted by Crippen LogP contribution is 2.55. The SMILES string of the molecule is CN(C)C1(c2cccc(F)c2)CCC2(CC1)C1=C(CCN2C(=O)c2ccc(C(C)(C)C)cc2)c2ccccc2C1. The average molecular weight is 537 g/mol. The third-order valence-corrected chi connectivity index (χ3v) is 10.1. The maximum atomic E-state index is 14.4. The predicted molar refractivity (Wildman–Crippen MR) is 161 cm³/mol. The molecular weight excluding hydrogens is 495 g/mol. The van der Waals surface area contributed by atoms with Crippen LogP contribution in [0.3, 0.4) is 0 Å². The molecule has 4 heteroatoms. The fourth-order valence-corrected chi connectivity index (χ4v) is 7.75. The molecule has 3 nitrogen and oxygen atoms in total. The standard InChI is InChI=1S/C36H41FN2O/c1-34(2,3)27-15-13-25(14-16-27)33(40)39-22-17-31-30-12-7-6-9-26(30)23-32(31)36(39)20-18-35(19-21-36,38(4)5)28-10-8-11-29(37)24-28/h6-16,24H,17-23H2,1-5H3. The number of hydrogen-bond donors (Lipinski definition) is 0. The van der Waals surface area contributed by atoms with Gasteiger partial charge in [-0.25, -0.2) is 4.39 Å². The first-order valence-corrected chi connectivity index (χ1v) is 14.7. The molecule has 1 fully saturated rings. The van der Waals surface area contributed by atoms with Crippen LogP contribution < -0.4 is 0 Å². The Balaban J connectivity index is 1.41. The van der Waals surface area contributed by atoms with Gasteiger partial charge in [0.1, 0.15) is 5.82 Å². The minimum atomic E-state index is -0.334. The number of hydrogen-bond acceptors (Lipinski definition) is 2. The quantitative estimate of drug-likeness (QED) is 0.342. The van der Waals surface area contributed by atoms with E-state index in [2.05, 4.69) is 87.1 Å². The average Bonchev–Trinajstić information content (AvgIpc) is 3.33. The van der Waals surface area contributed by atoms with Crippen molar-refractivity contribution in [3.8, 4) is 0 Å². The van der Waals surface area contributed by atoms with Crippen molar-refractivity contribution in [1.29, 1.82) is 0 Å². The monoisotopic (exact) mass is 536 g/mol. The molecule has 1 aliphatic heterocycles. The van der Waals surface area contributed by atoms with Crippen molar-refractivity contribution >= 4 is 11.5 Å². The van der Waals surface area contributed by atoms with Gasteiger partial charge in [0.25, 0.3) is 5.91 Å². The maximum Gasteiger partial charge on any atom is 0.254 e. The lowest BCUT2D eigenvalue weighted by molar-refractivity contribution is 0.00714. The third-order valence-electron chi connectivity index (χ3n) is 10.1. The third kappa shape index (κ3) is 4.23. The highest BCUT2D eigenvalue weighted by molar-refractivity contribution is 5.96. The molecule has 0 bridgehead atoms. The van der Waals surface area contributed by atoms with Crippen LogP contribution in [-0.4, -0.2) is 41.9 Å². The number of rotatable bonds is 3. The van der Waals surface area contributed by atoms with Gasteiger partial charge in [0.15, 0.2) is 0 Å². The van der Waals surface area contributed by atoms with Gasteiger partial charge in [-0.05, 0) is 116 Å². The molecule has 1 heterocycles. The molecule has 0 unspecified atom stereocenters. The van der Waals surface area contributed by atoms with E-state index in [1.165, 1.54) is 33.9 Å². The molecule has 208 valence electrons. The zero-order chi connectivity index (χ0) is 28.3. The van der Waals surface area contributed by atoms with Gasteiger partial charge in [-0.15, -0.1) is 0 Å². The van der Waals surface area contributed by atoms with Crippen molar-refractivity contribution in [2.75, 3.05) is 20.6 Å². The van der Waals surface area contributed by atoms with Gasteiger partial charge >= 0.3 is 0 Å². The Morgan fingerprint density at radius 1 is 0.900 bits per heavy atom. The molecule has 40 heavy (non-hydrogen) atoms. The van der Waals surface area contributed by atoms with Crippen LogP contribution in [0, 0.1) is 5.82 Å². The van der Waals surface area contributed by atoms with Crippen LogP contribution in [0.5, 0.6) is 0 Å². The van der Waals surface area contributed by atoms with Gasteiger partial charge in [0, 0.05) is 17.6 Å². The summed E-state index contributed by atoms with van der Waals surface area (Å²) < 4.78 is 14.4. The van der Waals surface area contributed by atoms with E-state index in [9.17, 15) is 9.18 Å². The molecule has 2 aliphatic carbocycles. The fourth-order valence-electron chi connectivity index (χ4n) is 7.75. The van der Waals surface area contributed by atoms with Crippen molar-refractivity contribution in [3.05, 3.63) is 112 Å². The summed E-state index contributed by atoms with van der Waals surface area (Å²) in [6.45, 7) is 7.33. The number of halogens is 1. The smallest absolute Gasteiger partial charge is 0.254 e. The van der Waals surface area contributed by atoms with E-state index in [4.69, 9.17) is 0 Å². The Hall–Kier alpha value is -3.24. The lowest BCUT2D eigenvalue weighted by atomic mass is 9.63. The first-order valence-electron chi connectivity index (χ1n) is 14.7. The molecule has 3 aliphatic rings. The topological polar surface area (TPSA) is 23.6 Å². The molecule has 0 atom stereocenters. The van der Waals surface area contributed by atoms with Crippen LogP contribution >= 0.6 is 0 Å². The predicted octanol–water partition coefficient (Wildman–Crippen LogP) is 7.75. The van der Waals surface area contributed by atoms with Crippen LogP contribution in [0.2, 0.25) is 0 Å². The summed E-state index contributed by atoms with van der Waals surface area (Å²) in [5.74, 6) is -0.0607. The first kappa shape index (κ1) is 27.0. The van der Waals surface area contributed by atoms with Gasteiger partial charge in [0.05, 0.1) is 5.54 Å². The summed E-state index contributed by atoms with van der Waals surface area (Å²) in [7, 11) is 4.22. The largest absolute Gasteiger partial charge is 0.329 e. The number of carbonyl (C=O) groups excluding carboxylic acids is 1. The van der Waals surface area contributed by atoms with E-state index in [1.807, 2.05) is 18.2 Å². The van der Waals surface area contributed by atoms with E-state index in [-0.39, 0.29) is 28.2 Å². The molecule has 6 rings (SSSR count). The van der Waals surface area contributed by atoms with E-state index < -0.39 is 0 Å². The van der Waals surface area contributed by atoms with Crippen molar-refractivity contribution in [2.45, 2.75) is 75.8 Å². The highest BCUT2D eigenvalue weighted by Gasteiger charge is 2.54. The van der Waals surface area contributed by atoms with E-state index in [0.717, 1.165) is 56.2 Å². The van der Waals surface area contributed by atoms with Crippen molar-refractivity contribution in [1.82, 2.24) is 9.80 Å². The normalized spacial score (nSPS) is 24.4. The van der Waals surface area contributed by atoms with E-state index >= 15 is 0 Å². The van der Waals surface area contributed by atoms with Crippen molar-refractivity contribution in [3.63, 3.8) is 0 Å². The lowest BCUT2D eigenvalue weighted by Crippen LogP contribution is -2.60. The van der Waals surface area contributed by atoms with Crippen LogP contribution in [0.1, 0.15) is 85.5 Å². The first-order chi connectivity index (χ1) is 19.0. The Bertz CT molecular complexity index is 1470. The van der Waals surface area contributed by atoms with Crippen LogP contribution in [0.15, 0.2) is 78.4 Å². The van der Waals surface area contributed by atoms with Crippen molar-refractivity contribution < 1.29 is 9.18 Å². The molecule has 0 aromatic heterocycles. The molecular formula is C36H41FN2O. The summed E-state index contributed by atoms with van der Waals surface area (Å²) in [6, 6.07) is 24.2. The Morgan fingerprint density at radius 3 is 2.25 bits per heavy atom. The molecule has 0 radical (unpaired) electrons. The Labute approximate surface area is 238 Å². The maximum absolute atomic E-state index is 14.4. The lowest BCUT2D eigenvalue weighted by Gasteiger charge is -2.56. The van der Waals surface area contributed by atoms with Crippen LogP contribution in [-0.2, 0) is 17.4 Å². The summed E-state index contributed by atoms with van der Waals surface area (Å²) in [4.78, 5) is 18.8. The van der Waals surface area contributed by atoms with Gasteiger partial charge in [-0.1, -0.05) is 69.3 Å². The van der Waals surface area contributed by atoms with Crippen LogP contribution in [0.4, 0.5) is 4.39 Å². The molecule has 1 spiro atoms. The van der Waals surface area contributed by atoms with Gasteiger partial charge in [-0.3, -0.25) is 9.69 Å². The van der Waals surface area contributed by atoms with Gasteiger partial charge < -0.3 is 4.90 Å². The molecule has 1 amide bonds. The summed E-state index contributed by atoms with van der Waals surface area (Å²) >= 11 is 0. The van der Waals surface area contributed by atoms with Gasteiger partial charge in [-0.2, -0.15) is 0 Å². The number of fused-ring (bicyclic) bond motifs is 3. The molecule has 1 saturated carbocycles. The van der Waals surface area contributed by atoms with Gasteiger partial charge in [0.2, 0.25) is 0 Å². The number of carbonyl (C=O) groups is 1. The fraction of sp³-hybridized carbons (Fsp3) is 0.417. The minimum Gasteiger partial charge on any atom is -0.329 e. The summed E-state index contributed by atoms with van der Waals surface area (Å²) in [6.07, 6.45) is 5.25. The Morgan fingerprint density at radius 2 is 1.60 bits per heavy atom. The highest BCUT2D eigenvalue weighted by atomic mass is 19.1. The van der Waals surface area contributed by atoms with E-state index in [1.54, 1.807) is 6.07 Å². The number of benzene rings is 3. The summed E-state index contributed by atoms with van der Waals surface area (Å²) in [5.41, 5.74) is 8.11. The number of amides is 1. The zero-order valence-electron chi connectivity index (χ0n) is 24.6.